The molecule has 3 heterocycles. The molecule has 1 fully saturated rings. The number of halogens is 1. The molecule has 3 aromatic rings. The first-order valence-corrected chi connectivity index (χ1v) is 13.2. The average Bonchev–Trinajstić information content (AvgIpc) is 3.32. The van der Waals surface area contributed by atoms with E-state index in [0.717, 1.165) is 62.1 Å². The number of aryl methyl sites for hydroxylation is 1. The number of hydrogen-bond donors (Lipinski definition) is 2. The van der Waals surface area contributed by atoms with Gasteiger partial charge in [-0.2, -0.15) is 9.97 Å². The van der Waals surface area contributed by atoms with Gasteiger partial charge in [-0.3, -0.25) is 0 Å². The normalized spacial score (nSPS) is 15.6. The third-order valence-corrected chi connectivity index (χ3v) is 7.28. The van der Waals surface area contributed by atoms with Crippen LogP contribution in [-0.4, -0.2) is 34.7 Å². The van der Waals surface area contributed by atoms with Crippen LogP contribution in [0.2, 0.25) is 0 Å². The van der Waals surface area contributed by atoms with E-state index in [-0.39, 0.29) is 5.82 Å². The van der Waals surface area contributed by atoms with Crippen LogP contribution in [0.25, 0.3) is 0 Å². The molecule has 0 atom stereocenters. The van der Waals surface area contributed by atoms with Crippen molar-refractivity contribution >= 4 is 34.9 Å². The maximum atomic E-state index is 13.1. The summed E-state index contributed by atoms with van der Waals surface area (Å²) in [4.78, 5) is 14.3. The molecular formula is C28H33FN6S. The third-order valence-electron chi connectivity index (χ3n) is 7.04. The van der Waals surface area contributed by atoms with Gasteiger partial charge in [-0.25, -0.2) is 4.39 Å². The Bertz CT molecular complexity index is 1170. The monoisotopic (exact) mass is 504 g/mol. The number of rotatable bonds is 7. The summed E-state index contributed by atoms with van der Waals surface area (Å²) in [6.45, 7) is 6.72. The summed E-state index contributed by atoms with van der Waals surface area (Å²) in [5, 5.41) is 6.98. The molecule has 2 aromatic carbocycles. The van der Waals surface area contributed by atoms with Crippen LogP contribution in [0.3, 0.4) is 0 Å². The van der Waals surface area contributed by atoms with E-state index in [9.17, 15) is 4.39 Å². The summed E-state index contributed by atoms with van der Waals surface area (Å²) in [7, 11) is 0. The highest BCUT2D eigenvalue weighted by molar-refractivity contribution is 7.80. The van der Waals surface area contributed by atoms with Crippen molar-refractivity contribution in [3.63, 3.8) is 0 Å². The minimum absolute atomic E-state index is 0.208. The summed E-state index contributed by atoms with van der Waals surface area (Å²) < 4.78 is 13.1. The summed E-state index contributed by atoms with van der Waals surface area (Å²) in [5.41, 5.74) is 3.80. The highest BCUT2D eigenvalue weighted by Crippen LogP contribution is 2.31. The molecule has 0 spiro atoms. The van der Waals surface area contributed by atoms with Crippen molar-refractivity contribution in [2.24, 2.45) is 5.92 Å². The molecule has 0 bridgehead atoms. The fourth-order valence-corrected chi connectivity index (χ4v) is 5.02. The van der Waals surface area contributed by atoms with Crippen molar-refractivity contribution in [2.45, 2.75) is 45.7 Å². The number of fused-ring (bicyclic) bond motifs is 1. The predicted octanol–water partition coefficient (Wildman–Crippen LogP) is 5.29. The van der Waals surface area contributed by atoms with Crippen molar-refractivity contribution in [1.29, 1.82) is 0 Å². The summed E-state index contributed by atoms with van der Waals surface area (Å²) in [5.74, 6) is 2.93. The zero-order valence-corrected chi connectivity index (χ0v) is 21.5. The molecule has 0 aliphatic carbocycles. The zero-order chi connectivity index (χ0) is 24.9. The van der Waals surface area contributed by atoms with Gasteiger partial charge in [-0.15, -0.1) is 0 Å². The molecule has 2 aliphatic heterocycles. The van der Waals surface area contributed by atoms with Gasteiger partial charge in [0.2, 0.25) is 5.95 Å². The zero-order valence-electron chi connectivity index (χ0n) is 20.7. The lowest BCUT2D eigenvalue weighted by Gasteiger charge is -2.32. The number of aromatic nitrogens is 2. The Balaban J connectivity index is 1.25. The lowest BCUT2D eigenvalue weighted by Crippen LogP contribution is -2.34. The topological polar surface area (TPSA) is 56.3 Å². The van der Waals surface area contributed by atoms with Gasteiger partial charge < -0.3 is 20.4 Å². The minimum atomic E-state index is -0.208. The van der Waals surface area contributed by atoms with Crippen LogP contribution in [0.5, 0.6) is 0 Å². The molecule has 8 heteroatoms. The number of benzene rings is 2. The van der Waals surface area contributed by atoms with Crippen LogP contribution in [0, 0.1) is 11.7 Å². The van der Waals surface area contributed by atoms with Gasteiger partial charge in [0.05, 0.1) is 0 Å². The molecule has 6 nitrogen and oxygen atoms in total. The molecule has 5 rings (SSSR count). The lowest BCUT2D eigenvalue weighted by molar-refractivity contribution is 0.436. The summed E-state index contributed by atoms with van der Waals surface area (Å²) in [6.07, 6.45) is 4.09. The van der Waals surface area contributed by atoms with Crippen molar-refractivity contribution in [3.05, 3.63) is 77.1 Å². The summed E-state index contributed by atoms with van der Waals surface area (Å²) >= 11 is 5.55. The van der Waals surface area contributed by atoms with Crippen LogP contribution in [0.1, 0.15) is 42.9 Å². The fraction of sp³-hybridized carbons (Fsp3) is 0.393. The third kappa shape index (κ3) is 6.10. The molecule has 36 heavy (non-hydrogen) atoms. The van der Waals surface area contributed by atoms with Crippen LogP contribution < -0.4 is 20.4 Å². The molecule has 1 saturated heterocycles. The molecule has 188 valence electrons. The molecule has 0 amide bonds. The van der Waals surface area contributed by atoms with Crippen LogP contribution >= 0.6 is 12.2 Å². The first kappa shape index (κ1) is 24.4. The molecule has 2 N–H and O–H groups in total. The first-order valence-electron chi connectivity index (χ1n) is 12.8. The van der Waals surface area contributed by atoms with E-state index in [0.29, 0.717) is 17.6 Å². The van der Waals surface area contributed by atoms with E-state index < -0.39 is 0 Å². The average molecular weight is 505 g/mol. The Morgan fingerprint density at radius 1 is 0.972 bits per heavy atom. The minimum Gasteiger partial charge on any atom is -0.362 e. The van der Waals surface area contributed by atoms with Crippen LogP contribution in [0.4, 0.5) is 22.0 Å². The van der Waals surface area contributed by atoms with E-state index in [4.69, 9.17) is 22.2 Å². The fourth-order valence-electron chi connectivity index (χ4n) is 4.83. The van der Waals surface area contributed by atoms with Gasteiger partial charge in [0.25, 0.3) is 0 Å². The maximum Gasteiger partial charge on any atom is 0.232 e. The van der Waals surface area contributed by atoms with Crippen molar-refractivity contribution < 1.29 is 4.39 Å². The number of nitrogens with one attached hydrogen (secondary N) is 2. The second-order valence-corrected chi connectivity index (χ2v) is 10.2. The molecule has 0 saturated carbocycles. The van der Waals surface area contributed by atoms with E-state index in [1.54, 1.807) is 0 Å². The Morgan fingerprint density at radius 2 is 1.61 bits per heavy atom. The molecule has 0 unspecified atom stereocenters. The van der Waals surface area contributed by atoms with Crippen molar-refractivity contribution in [3.8, 4) is 0 Å². The number of nitrogens with zero attached hydrogens (tertiary/aromatic N) is 4. The molecule has 0 radical (unpaired) electrons. The molecular weight excluding hydrogens is 471 g/mol. The Labute approximate surface area is 217 Å². The van der Waals surface area contributed by atoms with Crippen LogP contribution in [0.15, 0.2) is 54.6 Å². The van der Waals surface area contributed by atoms with Crippen molar-refractivity contribution in [2.75, 3.05) is 34.8 Å². The molecule has 1 aromatic heterocycles. The second-order valence-electron chi connectivity index (χ2n) is 9.81. The number of hydrogen-bond acceptors (Lipinski definition) is 5. The van der Waals surface area contributed by atoms with E-state index in [1.807, 2.05) is 12.1 Å². The van der Waals surface area contributed by atoms with E-state index in [1.165, 1.54) is 36.1 Å². The standard InChI is InChI=1S/C28H33FN6S/c1-20-12-15-34(16-13-20)25-17-26(35-18-22-6-2-3-7-23(22)19-35)32-27(31-25)33-28(36)30-14-4-5-21-8-10-24(29)11-9-21/h2-3,6-11,17,20H,4-5,12-16,18-19H2,1H3,(H2,30,31,32,33,36). The Kier molecular flexibility index (Phi) is 7.60. The van der Waals surface area contributed by atoms with E-state index >= 15 is 0 Å². The smallest absolute Gasteiger partial charge is 0.232 e. The predicted molar refractivity (Wildman–Crippen MR) is 148 cm³/mol. The van der Waals surface area contributed by atoms with Gasteiger partial charge in [0.15, 0.2) is 5.11 Å². The quantitative estimate of drug-likeness (QED) is 0.335. The SMILES string of the molecule is CC1CCN(c2cc(N3Cc4ccccc4C3)nc(NC(=S)NCCCc3ccc(F)cc3)n2)CC1. The second kappa shape index (κ2) is 11.2. The first-order chi connectivity index (χ1) is 17.5. The van der Waals surface area contributed by atoms with Crippen LogP contribution in [-0.2, 0) is 19.5 Å². The summed E-state index contributed by atoms with van der Waals surface area (Å²) in [6, 6.07) is 17.3. The van der Waals surface area contributed by atoms with Gasteiger partial charge in [0.1, 0.15) is 17.5 Å². The van der Waals surface area contributed by atoms with Gasteiger partial charge in [0, 0.05) is 38.8 Å². The lowest BCUT2D eigenvalue weighted by atomic mass is 9.99. The van der Waals surface area contributed by atoms with Gasteiger partial charge in [-0.05, 0) is 72.6 Å². The highest BCUT2D eigenvalue weighted by atomic mass is 32.1. The molecule has 2 aliphatic rings. The van der Waals surface area contributed by atoms with Gasteiger partial charge in [-0.1, -0.05) is 43.3 Å². The Hall–Kier alpha value is -3.26. The van der Waals surface area contributed by atoms with Gasteiger partial charge >= 0.3 is 0 Å². The van der Waals surface area contributed by atoms with E-state index in [2.05, 4.69) is 57.7 Å². The maximum absolute atomic E-state index is 13.1. The largest absolute Gasteiger partial charge is 0.362 e. The Morgan fingerprint density at radius 3 is 2.28 bits per heavy atom. The number of piperidine rings is 1. The van der Waals surface area contributed by atoms with Crippen molar-refractivity contribution in [1.82, 2.24) is 15.3 Å². The highest BCUT2D eigenvalue weighted by Gasteiger charge is 2.23. The number of thiocarbonyl (C=S) groups is 1. The number of anilines is 3.